The predicted octanol–water partition coefficient (Wildman–Crippen LogP) is 2.63. The molecule has 3 aromatic heterocycles. The van der Waals surface area contributed by atoms with Crippen molar-refractivity contribution in [2.24, 2.45) is 11.8 Å². The van der Waals surface area contributed by atoms with E-state index >= 15 is 0 Å². The van der Waals surface area contributed by atoms with Gasteiger partial charge in [0.25, 0.3) is 5.56 Å². The third-order valence-electron chi connectivity index (χ3n) is 5.79. The highest BCUT2D eigenvalue weighted by molar-refractivity contribution is 7.17. The molecule has 32 heavy (non-hydrogen) atoms. The highest BCUT2D eigenvalue weighted by Gasteiger charge is 2.46. The molecule has 0 bridgehead atoms. The molecule has 4 heterocycles. The molecule has 2 atom stereocenters. The molecule has 2 aliphatic rings. The first-order valence-corrected chi connectivity index (χ1v) is 11.1. The number of nitrogens with zero attached hydrogens (tertiary/aromatic N) is 2. The van der Waals surface area contributed by atoms with Crippen LogP contribution in [0.3, 0.4) is 0 Å². The Morgan fingerprint density at radius 3 is 2.66 bits per heavy atom. The number of hydrogen-bond acceptors (Lipinski definition) is 8. The van der Waals surface area contributed by atoms with Crippen molar-refractivity contribution in [1.29, 1.82) is 0 Å². The molecule has 10 heteroatoms. The number of aromatic nitrogens is 2. The number of thiophene rings is 1. The normalized spacial score (nSPS) is 20.2. The van der Waals surface area contributed by atoms with Gasteiger partial charge in [-0.2, -0.15) is 0 Å². The van der Waals surface area contributed by atoms with E-state index < -0.39 is 5.97 Å². The molecule has 1 saturated heterocycles. The maximum absolute atomic E-state index is 12.6. The molecular weight excluding hydrogens is 434 g/mol. The van der Waals surface area contributed by atoms with Gasteiger partial charge in [0.15, 0.2) is 0 Å². The standard InChI is InChI=1S/C22H19N3O6S/c26-17(7-8-25-21(28)12-4-1-2-5-13(12)22(25)29)31-10-16-23-19(27)18-14(11-32-20(18)24-16)15-6-3-9-30-15/h1-3,6,9,11-13H,4-5,7-8,10H2,(H,23,24,27)/t12-,13-/m0/s1. The first-order valence-electron chi connectivity index (χ1n) is 10.2. The number of allylic oxidation sites excluding steroid dienone is 2. The van der Waals surface area contributed by atoms with Gasteiger partial charge in [0.2, 0.25) is 11.8 Å². The molecule has 0 spiro atoms. The number of amides is 2. The van der Waals surface area contributed by atoms with E-state index in [0.717, 1.165) is 4.90 Å². The van der Waals surface area contributed by atoms with E-state index in [1.165, 1.54) is 17.6 Å². The summed E-state index contributed by atoms with van der Waals surface area (Å²) in [5.41, 5.74) is 0.307. The number of hydrogen-bond donors (Lipinski definition) is 1. The average Bonchev–Trinajstić information content (AvgIpc) is 3.51. The monoisotopic (exact) mass is 453 g/mol. The number of nitrogens with one attached hydrogen (secondary N) is 1. The molecular formula is C22H19N3O6S. The maximum atomic E-state index is 12.6. The highest BCUT2D eigenvalue weighted by atomic mass is 32.1. The Bertz CT molecular complexity index is 1260. The van der Waals surface area contributed by atoms with E-state index in [0.29, 0.717) is 34.4 Å². The van der Waals surface area contributed by atoms with Crippen LogP contribution < -0.4 is 5.56 Å². The molecule has 2 amide bonds. The van der Waals surface area contributed by atoms with Crippen molar-refractivity contribution in [3.63, 3.8) is 0 Å². The number of furan rings is 1. The first-order chi connectivity index (χ1) is 15.5. The van der Waals surface area contributed by atoms with Crippen LogP contribution in [0.1, 0.15) is 25.1 Å². The number of H-pyrrole nitrogens is 1. The van der Waals surface area contributed by atoms with Crippen LogP contribution in [0.2, 0.25) is 0 Å². The number of aromatic amines is 1. The molecule has 9 nitrogen and oxygen atoms in total. The lowest BCUT2D eigenvalue weighted by Gasteiger charge is -2.14. The van der Waals surface area contributed by atoms with Gasteiger partial charge in [0, 0.05) is 17.5 Å². The molecule has 164 valence electrons. The SMILES string of the molecule is O=C(CCN1C(=O)[C@H]2CC=CC[C@@H]2C1=O)OCc1nc2scc(-c3ccco3)c2c(=O)[nH]1. The average molecular weight is 453 g/mol. The number of likely N-dealkylation sites (tertiary alicyclic amines) is 1. The Morgan fingerprint density at radius 1 is 1.22 bits per heavy atom. The molecule has 1 fully saturated rings. The molecule has 1 N–H and O–H groups in total. The van der Waals surface area contributed by atoms with Crippen LogP contribution in [0.15, 0.2) is 45.1 Å². The first kappa shape index (κ1) is 20.4. The van der Waals surface area contributed by atoms with Crippen LogP contribution in [-0.4, -0.2) is 39.2 Å². The number of fused-ring (bicyclic) bond motifs is 2. The van der Waals surface area contributed by atoms with E-state index in [1.807, 2.05) is 12.2 Å². The van der Waals surface area contributed by atoms with Gasteiger partial charge in [0.05, 0.1) is 29.9 Å². The van der Waals surface area contributed by atoms with Crippen molar-refractivity contribution < 1.29 is 23.5 Å². The van der Waals surface area contributed by atoms with E-state index in [1.54, 1.807) is 17.5 Å². The molecule has 1 aliphatic carbocycles. The van der Waals surface area contributed by atoms with Gasteiger partial charge in [-0.05, 0) is 25.0 Å². The zero-order chi connectivity index (χ0) is 22.2. The summed E-state index contributed by atoms with van der Waals surface area (Å²) in [6.45, 7) is -0.223. The van der Waals surface area contributed by atoms with Gasteiger partial charge in [-0.25, -0.2) is 4.98 Å². The summed E-state index contributed by atoms with van der Waals surface area (Å²) >= 11 is 1.29. The van der Waals surface area contributed by atoms with Gasteiger partial charge >= 0.3 is 5.97 Å². The summed E-state index contributed by atoms with van der Waals surface area (Å²) < 4.78 is 10.6. The molecule has 0 radical (unpaired) electrons. The number of imide groups is 1. The second kappa shape index (κ2) is 8.19. The van der Waals surface area contributed by atoms with Crippen LogP contribution in [0.4, 0.5) is 0 Å². The number of rotatable bonds is 6. The fourth-order valence-corrected chi connectivity index (χ4v) is 5.14. The van der Waals surface area contributed by atoms with Crippen molar-refractivity contribution in [3.8, 4) is 11.3 Å². The number of carbonyl (C=O) groups excluding carboxylic acids is 3. The van der Waals surface area contributed by atoms with Crippen molar-refractivity contribution >= 4 is 39.3 Å². The lowest BCUT2D eigenvalue weighted by atomic mass is 9.85. The smallest absolute Gasteiger partial charge is 0.308 e. The molecule has 0 saturated carbocycles. The van der Waals surface area contributed by atoms with Crippen molar-refractivity contribution in [1.82, 2.24) is 14.9 Å². The fraction of sp³-hybridized carbons (Fsp3) is 0.318. The number of esters is 1. The van der Waals surface area contributed by atoms with Crippen molar-refractivity contribution in [2.75, 3.05) is 6.54 Å². The lowest BCUT2D eigenvalue weighted by Crippen LogP contribution is -2.33. The summed E-state index contributed by atoms with van der Waals surface area (Å²) in [7, 11) is 0. The van der Waals surface area contributed by atoms with Crippen LogP contribution in [0.25, 0.3) is 21.5 Å². The second-order valence-corrected chi connectivity index (χ2v) is 8.57. The largest absolute Gasteiger partial charge is 0.464 e. The van der Waals surface area contributed by atoms with Gasteiger partial charge in [-0.3, -0.25) is 24.1 Å². The highest BCUT2D eigenvalue weighted by Crippen LogP contribution is 2.35. The number of ether oxygens (including phenoxy) is 1. The summed E-state index contributed by atoms with van der Waals surface area (Å²) in [6, 6.07) is 3.50. The van der Waals surface area contributed by atoms with E-state index in [2.05, 4.69) is 9.97 Å². The third kappa shape index (κ3) is 3.56. The Morgan fingerprint density at radius 2 is 1.97 bits per heavy atom. The summed E-state index contributed by atoms with van der Waals surface area (Å²) in [6.07, 6.45) is 6.37. The Hall–Kier alpha value is -3.53. The zero-order valence-corrected chi connectivity index (χ0v) is 17.7. The Labute approximate surface area is 185 Å². The van der Waals surface area contributed by atoms with Gasteiger partial charge in [0.1, 0.15) is 23.0 Å². The Balaban J connectivity index is 1.21. The minimum absolute atomic E-state index is 0.0100. The zero-order valence-electron chi connectivity index (χ0n) is 16.9. The quantitative estimate of drug-likeness (QED) is 0.346. The van der Waals surface area contributed by atoms with E-state index in [9.17, 15) is 19.2 Å². The summed E-state index contributed by atoms with van der Waals surface area (Å²) in [4.78, 5) is 58.3. The second-order valence-electron chi connectivity index (χ2n) is 7.71. The van der Waals surface area contributed by atoms with Gasteiger partial charge in [-0.1, -0.05) is 12.2 Å². The maximum Gasteiger partial charge on any atom is 0.308 e. The molecule has 0 unspecified atom stereocenters. The molecule has 1 aliphatic heterocycles. The van der Waals surface area contributed by atoms with Crippen molar-refractivity contribution in [2.45, 2.75) is 25.9 Å². The third-order valence-corrected chi connectivity index (χ3v) is 6.66. The minimum Gasteiger partial charge on any atom is -0.464 e. The van der Waals surface area contributed by atoms with E-state index in [4.69, 9.17) is 9.15 Å². The summed E-state index contributed by atoms with van der Waals surface area (Å²) in [5, 5.41) is 2.21. The van der Waals surface area contributed by atoms with E-state index in [-0.39, 0.29) is 54.6 Å². The molecule has 0 aromatic carbocycles. The van der Waals surface area contributed by atoms with Crippen LogP contribution in [0, 0.1) is 11.8 Å². The van der Waals surface area contributed by atoms with Crippen molar-refractivity contribution in [3.05, 3.63) is 52.1 Å². The van der Waals surface area contributed by atoms with Crippen LogP contribution >= 0.6 is 11.3 Å². The Kier molecular flexibility index (Phi) is 5.22. The lowest BCUT2D eigenvalue weighted by molar-refractivity contribution is -0.147. The molecule has 3 aromatic rings. The van der Waals surface area contributed by atoms with Crippen LogP contribution in [0.5, 0.6) is 0 Å². The fourth-order valence-electron chi connectivity index (χ4n) is 4.19. The summed E-state index contributed by atoms with van der Waals surface area (Å²) in [5.74, 6) is -0.873. The van der Waals surface area contributed by atoms with Crippen LogP contribution in [-0.2, 0) is 25.7 Å². The predicted molar refractivity (Wildman–Crippen MR) is 114 cm³/mol. The van der Waals surface area contributed by atoms with Gasteiger partial charge < -0.3 is 14.1 Å². The minimum atomic E-state index is -0.580. The topological polar surface area (TPSA) is 123 Å². The van der Waals surface area contributed by atoms with Gasteiger partial charge in [-0.15, -0.1) is 11.3 Å². The molecule has 5 rings (SSSR count). The number of carbonyl (C=O) groups is 3.